The van der Waals surface area contributed by atoms with Gasteiger partial charge in [-0.3, -0.25) is 0 Å². The summed E-state index contributed by atoms with van der Waals surface area (Å²) in [6.45, 7) is 0.532. The molecule has 0 bridgehead atoms. The lowest BCUT2D eigenvalue weighted by Gasteiger charge is -2.12. The number of sulfone groups is 1. The number of fused-ring (bicyclic) bond motifs is 1. The lowest BCUT2D eigenvalue weighted by molar-refractivity contribution is 0.566. The van der Waals surface area contributed by atoms with Gasteiger partial charge in [-0.2, -0.15) is 5.26 Å². The second kappa shape index (κ2) is 5.32. The van der Waals surface area contributed by atoms with Crippen LogP contribution >= 0.6 is 0 Å². The molecule has 3 rings (SSSR count). The van der Waals surface area contributed by atoms with E-state index in [1.54, 1.807) is 18.2 Å². The maximum absolute atomic E-state index is 12.1. The van der Waals surface area contributed by atoms with E-state index < -0.39 is 9.84 Å². The molecule has 4 nitrogen and oxygen atoms in total. The zero-order valence-corrected chi connectivity index (χ0v) is 12.1. The average molecular weight is 298 g/mol. The number of nitriles is 1. The second-order valence-electron chi connectivity index (χ2n) is 5.06. The molecular weight excluding hydrogens is 284 g/mol. The molecule has 21 heavy (non-hydrogen) atoms. The molecule has 106 valence electrons. The maximum Gasteiger partial charge on any atom is 0.180 e. The van der Waals surface area contributed by atoms with E-state index in [0.29, 0.717) is 17.0 Å². The van der Waals surface area contributed by atoms with E-state index in [-0.39, 0.29) is 11.8 Å². The van der Waals surface area contributed by atoms with Gasteiger partial charge in [0.15, 0.2) is 9.84 Å². The summed E-state index contributed by atoms with van der Waals surface area (Å²) >= 11 is 0. The first-order valence-electron chi connectivity index (χ1n) is 6.64. The van der Waals surface area contributed by atoms with Crippen molar-refractivity contribution in [1.29, 1.82) is 5.26 Å². The summed E-state index contributed by atoms with van der Waals surface area (Å²) in [5.41, 5.74) is 2.40. The fourth-order valence-corrected chi connectivity index (χ4v) is 4.38. The van der Waals surface area contributed by atoms with Gasteiger partial charge in [0, 0.05) is 12.6 Å². The minimum absolute atomic E-state index is 0.0876. The van der Waals surface area contributed by atoms with Crippen molar-refractivity contribution in [3.8, 4) is 6.07 Å². The Bertz CT molecular complexity index is 822. The topological polar surface area (TPSA) is 70.0 Å². The van der Waals surface area contributed by atoms with E-state index in [0.717, 1.165) is 11.1 Å². The lowest BCUT2D eigenvalue weighted by Crippen LogP contribution is -2.22. The molecule has 0 fully saturated rings. The minimum Gasteiger partial charge on any atom is -0.305 e. The van der Waals surface area contributed by atoms with Crippen LogP contribution in [0.2, 0.25) is 0 Å². The molecule has 0 amide bonds. The Morgan fingerprint density at radius 2 is 2.00 bits per heavy atom. The van der Waals surface area contributed by atoms with E-state index in [1.807, 2.05) is 30.3 Å². The van der Waals surface area contributed by atoms with Gasteiger partial charge in [0.2, 0.25) is 0 Å². The number of hydrogen-bond acceptors (Lipinski definition) is 4. The summed E-state index contributed by atoms with van der Waals surface area (Å²) in [7, 11) is -3.19. The number of nitrogens with one attached hydrogen (secondary N) is 1. The molecule has 1 atom stereocenters. The molecule has 1 aliphatic rings. The van der Waals surface area contributed by atoms with Crippen molar-refractivity contribution in [2.45, 2.75) is 17.5 Å². The van der Waals surface area contributed by atoms with Crippen molar-refractivity contribution >= 4 is 9.84 Å². The zero-order valence-electron chi connectivity index (χ0n) is 11.3. The van der Waals surface area contributed by atoms with Gasteiger partial charge in [-0.1, -0.05) is 30.3 Å². The third kappa shape index (κ3) is 2.68. The van der Waals surface area contributed by atoms with Crippen molar-refractivity contribution in [3.05, 3.63) is 65.2 Å². The number of hydrogen-bond donors (Lipinski definition) is 1. The Morgan fingerprint density at radius 3 is 2.81 bits per heavy atom. The molecule has 0 saturated heterocycles. The van der Waals surface area contributed by atoms with Crippen LogP contribution in [0.3, 0.4) is 0 Å². The molecule has 2 aromatic carbocycles. The Hall–Kier alpha value is -2.16. The van der Waals surface area contributed by atoms with Crippen LogP contribution in [0.15, 0.2) is 53.4 Å². The van der Waals surface area contributed by atoms with E-state index in [4.69, 9.17) is 5.26 Å². The van der Waals surface area contributed by atoms with E-state index >= 15 is 0 Å². The smallest absolute Gasteiger partial charge is 0.180 e. The van der Waals surface area contributed by atoms with Gasteiger partial charge in [-0.15, -0.1) is 0 Å². The van der Waals surface area contributed by atoms with Gasteiger partial charge in [0.1, 0.15) is 0 Å². The molecule has 0 aliphatic carbocycles. The molecule has 1 aliphatic heterocycles. The summed E-state index contributed by atoms with van der Waals surface area (Å²) in [4.78, 5) is 0.424. The lowest BCUT2D eigenvalue weighted by atomic mass is 10.1. The molecule has 1 heterocycles. The Balaban J connectivity index is 1.80. The molecule has 1 N–H and O–H groups in total. The third-order valence-corrected chi connectivity index (χ3v) is 5.44. The van der Waals surface area contributed by atoms with Crippen LogP contribution in [0, 0.1) is 11.3 Å². The third-order valence-electron chi connectivity index (χ3n) is 3.62. The first-order valence-corrected chi connectivity index (χ1v) is 8.29. The van der Waals surface area contributed by atoms with Crippen LogP contribution in [0.4, 0.5) is 0 Å². The highest BCUT2D eigenvalue weighted by Gasteiger charge is 2.33. The SMILES string of the molecule is N#Cc1cccc(CNC2CS(=O)(=O)c3ccccc32)c1. The molecule has 0 spiro atoms. The quantitative estimate of drug-likeness (QED) is 0.943. The highest BCUT2D eigenvalue weighted by Crippen LogP contribution is 2.33. The second-order valence-corrected chi connectivity index (χ2v) is 7.07. The number of nitrogens with zero attached hydrogens (tertiary/aromatic N) is 1. The standard InChI is InChI=1S/C16H14N2O2S/c17-9-12-4-3-5-13(8-12)10-18-15-11-21(19,20)16-7-2-1-6-14(15)16/h1-8,15,18H,10-11H2. The van der Waals surface area contributed by atoms with Gasteiger partial charge in [0.25, 0.3) is 0 Å². The molecular formula is C16H14N2O2S. The fraction of sp³-hybridized carbons (Fsp3) is 0.188. The highest BCUT2D eigenvalue weighted by molar-refractivity contribution is 7.91. The molecule has 2 aromatic rings. The monoisotopic (exact) mass is 298 g/mol. The molecule has 5 heteroatoms. The van der Waals surface area contributed by atoms with Crippen LogP contribution in [0.1, 0.15) is 22.7 Å². The Kier molecular flexibility index (Phi) is 3.50. The molecule has 0 radical (unpaired) electrons. The van der Waals surface area contributed by atoms with Crippen LogP contribution < -0.4 is 5.32 Å². The van der Waals surface area contributed by atoms with E-state index in [9.17, 15) is 8.42 Å². The largest absolute Gasteiger partial charge is 0.305 e. The summed E-state index contributed by atoms with van der Waals surface area (Å²) in [5.74, 6) is 0.0876. The first-order chi connectivity index (χ1) is 10.1. The fourth-order valence-electron chi connectivity index (χ4n) is 2.61. The Labute approximate surface area is 124 Å². The van der Waals surface area contributed by atoms with Crippen LogP contribution in [0.25, 0.3) is 0 Å². The van der Waals surface area contributed by atoms with Crippen LogP contribution in [0.5, 0.6) is 0 Å². The van der Waals surface area contributed by atoms with E-state index in [2.05, 4.69) is 11.4 Å². The summed E-state index contributed by atoms with van der Waals surface area (Å²) in [6.07, 6.45) is 0. The summed E-state index contributed by atoms with van der Waals surface area (Å²) in [5, 5.41) is 12.2. The predicted molar refractivity (Wildman–Crippen MR) is 79.2 cm³/mol. The number of benzene rings is 2. The van der Waals surface area contributed by atoms with E-state index in [1.165, 1.54) is 0 Å². The average Bonchev–Trinajstić information content (AvgIpc) is 2.77. The molecule has 0 aromatic heterocycles. The molecule has 1 unspecified atom stereocenters. The predicted octanol–water partition coefficient (Wildman–Crippen LogP) is 2.18. The maximum atomic E-state index is 12.1. The highest BCUT2D eigenvalue weighted by atomic mass is 32.2. The van der Waals surface area contributed by atoms with Gasteiger partial charge in [0.05, 0.1) is 22.3 Å². The van der Waals surface area contributed by atoms with Crippen molar-refractivity contribution in [3.63, 3.8) is 0 Å². The van der Waals surface area contributed by atoms with Crippen molar-refractivity contribution in [2.75, 3.05) is 5.75 Å². The number of rotatable bonds is 3. The first kappa shape index (κ1) is 13.8. The Morgan fingerprint density at radius 1 is 1.19 bits per heavy atom. The summed E-state index contributed by atoms with van der Waals surface area (Å²) in [6, 6.07) is 16.3. The van der Waals surface area contributed by atoms with Gasteiger partial charge >= 0.3 is 0 Å². The van der Waals surface area contributed by atoms with Gasteiger partial charge in [-0.25, -0.2) is 8.42 Å². The summed E-state index contributed by atoms with van der Waals surface area (Å²) < 4.78 is 24.2. The van der Waals surface area contributed by atoms with Crippen LogP contribution in [-0.4, -0.2) is 14.2 Å². The van der Waals surface area contributed by atoms with Gasteiger partial charge in [-0.05, 0) is 29.3 Å². The van der Waals surface area contributed by atoms with Crippen molar-refractivity contribution < 1.29 is 8.42 Å². The van der Waals surface area contributed by atoms with Crippen molar-refractivity contribution in [1.82, 2.24) is 5.32 Å². The van der Waals surface area contributed by atoms with Gasteiger partial charge < -0.3 is 5.32 Å². The van der Waals surface area contributed by atoms with Crippen LogP contribution in [-0.2, 0) is 16.4 Å². The molecule has 0 saturated carbocycles. The minimum atomic E-state index is -3.19. The van der Waals surface area contributed by atoms with Crippen molar-refractivity contribution in [2.24, 2.45) is 0 Å². The normalized spacial score (nSPS) is 18.9. The zero-order chi connectivity index (χ0) is 14.9.